The summed E-state index contributed by atoms with van der Waals surface area (Å²) >= 11 is 0. The molecular formula is C13H19N3O2. The first kappa shape index (κ1) is 12.7. The van der Waals surface area contributed by atoms with Gasteiger partial charge >= 0.3 is 5.97 Å². The molecule has 0 bridgehead atoms. The van der Waals surface area contributed by atoms with Crippen LogP contribution in [0.4, 0.5) is 11.5 Å². The standard InChI is InChI=1S/C13H19N3O2/c1-9-3-5-16(6-4-9)12-11(13(17)18-2)7-10(14)8-15-12/h7-9H,3-6,14H2,1-2H3. The molecule has 98 valence electrons. The number of carbonyl (C=O) groups excluding carboxylic acids is 1. The molecule has 1 aromatic heterocycles. The highest BCUT2D eigenvalue weighted by molar-refractivity contribution is 5.95. The lowest BCUT2D eigenvalue weighted by Gasteiger charge is -2.32. The summed E-state index contributed by atoms with van der Waals surface area (Å²) in [5.41, 5.74) is 6.61. The first-order chi connectivity index (χ1) is 8.61. The fourth-order valence-electron chi connectivity index (χ4n) is 2.21. The molecule has 0 aromatic carbocycles. The maximum absolute atomic E-state index is 11.7. The molecule has 2 N–H and O–H groups in total. The molecular weight excluding hydrogens is 230 g/mol. The summed E-state index contributed by atoms with van der Waals surface area (Å²) < 4.78 is 4.78. The highest BCUT2D eigenvalue weighted by atomic mass is 16.5. The van der Waals surface area contributed by atoms with E-state index in [-0.39, 0.29) is 5.97 Å². The van der Waals surface area contributed by atoms with Crippen LogP contribution in [-0.2, 0) is 4.74 Å². The molecule has 1 saturated heterocycles. The van der Waals surface area contributed by atoms with Crippen molar-refractivity contribution in [2.24, 2.45) is 5.92 Å². The van der Waals surface area contributed by atoms with Crippen LogP contribution < -0.4 is 10.6 Å². The molecule has 0 radical (unpaired) electrons. The van der Waals surface area contributed by atoms with Gasteiger partial charge in [0.15, 0.2) is 0 Å². The Labute approximate surface area is 107 Å². The first-order valence-corrected chi connectivity index (χ1v) is 6.20. The lowest BCUT2D eigenvalue weighted by molar-refractivity contribution is 0.0601. The van der Waals surface area contributed by atoms with E-state index < -0.39 is 0 Å². The van der Waals surface area contributed by atoms with E-state index in [1.807, 2.05) is 0 Å². The highest BCUT2D eigenvalue weighted by Gasteiger charge is 2.22. The predicted octanol–water partition coefficient (Wildman–Crippen LogP) is 1.69. The van der Waals surface area contributed by atoms with E-state index in [2.05, 4.69) is 16.8 Å². The normalized spacial score (nSPS) is 16.7. The molecule has 0 unspecified atom stereocenters. The third-order valence-corrected chi connectivity index (χ3v) is 3.38. The van der Waals surface area contributed by atoms with Crippen LogP contribution in [0.25, 0.3) is 0 Å². The number of aromatic nitrogens is 1. The van der Waals surface area contributed by atoms with Gasteiger partial charge in [0, 0.05) is 13.1 Å². The van der Waals surface area contributed by atoms with Crippen LogP contribution in [-0.4, -0.2) is 31.2 Å². The Balaban J connectivity index is 2.29. The van der Waals surface area contributed by atoms with Crippen molar-refractivity contribution in [3.8, 4) is 0 Å². The lowest BCUT2D eigenvalue weighted by Crippen LogP contribution is -2.34. The predicted molar refractivity (Wildman–Crippen MR) is 70.6 cm³/mol. The van der Waals surface area contributed by atoms with Gasteiger partial charge in [0.2, 0.25) is 0 Å². The van der Waals surface area contributed by atoms with Gasteiger partial charge in [-0.25, -0.2) is 9.78 Å². The van der Waals surface area contributed by atoms with Crippen LogP contribution in [0, 0.1) is 5.92 Å². The Morgan fingerprint density at radius 3 is 2.78 bits per heavy atom. The Hall–Kier alpha value is -1.78. The molecule has 1 aliphatic heterocycles. The monoisotopic (exact) mass is 249 g/mol. The average molecular weight is 249 g/mol. The number of hydrogen-bond acceptors (Lipinski definition) is 5. The van der Waals surface area contributed by atoms with Gasteiger partial charge in [-0.15, -0.1) is 0 Å². The van der Waals surface area contributed by atoms with E-state index in [1.54, 1.807) is 12.3 Å². The van der Waals surface area contributed by atoms with Crippen LogP contribution in [0.3, 0.4) is 0 Å². The number of pyridine rings is 1. The average Bonchev–Trinajstić information content (AvgIpc) is 2.39. The van der Waals surface area contributed by atoms with Crippen LogP contribution in [0.15, 0.2) is 12.3 Å². The number of nitrogens with two attached hydrogens (primary N) is 1. The van der Waals surface area contributed by atoms with E-state index in [0.717, 1.165) is 31.8 Å². The molecule has 1 fully saturated rings. The van der Waals surface area contributed by atoms with Gasteiger partial charge in [-0.2, -0.15) is 0 Å². The molecule has 5 heteroatoms. The molecule has 0 amide bonds. The molecule has 0 aliphatic carbocycles. The Morgan fingerprint density at radius 1 is 1.50 bits per heavy atom. The molecule has 0 saturated carbocycles. The molecule has 1 aromatic rings. The highest BCUT2D eigenvalue weighted by Crippen LogP contribution is 2.25. The summed E-state index contributed by atoms with van der Waals surface area (Å²) in [7, 11) is 1.37. The SMILES string of the molecule is COC(=O)c1cc(N)cnc1N1CCC(C)CC1. The largest absolute Gasteiger partial charge is 0.465 e. The van der Waals surface area contributed by atoms with Crippen molar-refractivity contribution >= 4 is 17.5 Å². The maximum atomic E-state index is 11.7. The number of hydrogen-bond donors (Lipinski definition) is 1. The Bertz CT molecular complexity index is 440. The fourth-order valence-corrected chi connectivity index (χ4v) is 2.21. The van der Waals surface area contributed by atoms with Gasteiger partial charge < -0.3 is 15.4 Å². The van der Waals surface area contributed by atoms with E-state index in [0.29, 0.717) is 17.1 Å². The minimum atomic E-state index is -0.386. The summed E-state index contributed by atoms with van der Waals surface area (Å²) in [4.78, 5) is 18.2. The van der Waals surface area contributed by atoms with Crippen molar-refractivity contribution in [1.82, 2.24) is 4.98 Å². The van der Waals surface area contributed by atoms with E-state index in [4.69, 9.17) is 10.5 Å². The number of ether oxygens (including phenoxy) is 1. The fraction of sp³-hybridized carbons (Fsp3) is 0.538. The lowest BCUT2D eigenvalue weighted by atomic mass is 9.99. The summed E-state index contributed by atoms with van der Waals surface area (Å²) in [6.07, 6.45) is 3.82. The quantitative estimate of drug-likeness (QED) is 0.808. The van der Waals surface area contributed by atoms with E-state index in [9.17, 15) is 4.79 Å². The van der Waals surface area contributed by atoms with E-state index in [1.165, 1.54) is 7.11 Å². The van der Waals surface area contributed by atoms with Gasteiger partial charge in [-0.05, 0) is 24.8 Å². The number of rotatable bonds is 2. The second-order valence-electron chi connectivity index (χ2n) is 4.80. The summed E-state index contributed by atoms with van der Waals surface area (Å²) in [6.45, 7) is 4.08. The number of nitrogen functional groups attached to an aromatic ring is 1. The molecule has 2 rings (SSSR count). The van der Waals surface area contributed by atoms with Crippen molar-refractivity contribution in [1.29, 1.82) is 0 Å². The second kappa shape index (κ2) is 5.25. The summed E-state index contributed by atoms with van der Waals surface area (Å²) in [5, 5.41) is 0. The van der Waals surface area contributed by atoms with Gasteiger partial charge in [0.1, 0.15) is 11.4 Å². The minimum absolute atomic E-state index is 0.386. The van der Waals surface area contributed by atoms with Crippen molar-refractivity contribution in [3.05, 3.63) is 17.8 Å². The number of nitrogens with zero attached hydrogens (tertiary/aromatic N) is 2. The molecule has 0 atom stereocenters. The third-order valence-electron chi connectivity index (χ3n) is 3.38. The Morgan fingerprint density at radius 2 is 2.17 bits per heavy atom. The van der Waals surface area contributed by atoms with Gasteiger partial charge in [0.25, 0.3) is 0 Å². The number of piperidine rings is 1. The van der Waals surface area contributed by atoms with Crippen molar-refractivity contribution in [2.45, 2.75) is 19.8 Å². The van der Waals surface area contributed by atoms with Gasteiger partial charge in [0.05, 0.1) is 19.0 Å². The molecule has 18 heavy (non-hydrogen) atoms. The molecule has 1 aliphatic rings. The summed E-state index contributed by atoms with van der Waals surface area (Å²) in [5.74, 6) is 1.03. The van der Waals surface area contributed by atoms with E-state index >= 15 is 0 Å². The third kappa shape index (κ3) is 2.55. The zero-order valence-corrected chi connectivity index (χ0v) is 10.8. The van der Waals surface area contributed by atoms with Crippen LogP contribution in [0.2, 0.25) is 0 Å². The number of methoxy groups -OCH3 is 1. The Kier molecular flexibility index (Phi) is 3.69. The number of esters is 1. The minimum Gasteiger partial charge on any atom is -0.465 e. The zero-order valence-electron chi connectivity index (χ0n) is 10.8. The van der Waals surface area contributed by atoms with Gasteiger partial charge in [-0.1, -0.05) is 6.92 Å². The molecule has 5 nitrogen and oxygen atoms in total. The molecule has 0 spiro atoms. The zero-order chi connectivity index (χ0) is 13.1. The van der Waals surface area contributed by atoms with Crippen molar-refractivity contribution in [3.63, 3.8) is 0 Å². The second-order valence-corrected chi connectivity index (χ2v) is 4.80. The topological polar surface area (TPSA) is 68.5 Å². The first-order valence-electron chi connectivity index (χ1n) is 6.20. The smallest absolute Gasteiger partial charge is 0.341 e. The van der Waals surface area contributed by atoms with Crippen LogP contribution in [0.5, 0.6) is 0 Å². The maximum Gasteiger partial charge on any atom is 0.341 e. The number of carbonyl (C=O) groups is 1. The number of anilines is 2. The van der Waals surface area contributed by atoms with Crippen LogP contribution in [0.1, 0.15) is 30.1 Å². The van der Waals surface area contributed by atoms with Crippen molar-refractivity contribution in [2.75, 3.05) is 30.8 Å². The van der Waals surface area contributed by atoms with Crippen molar-refractivity contribution < 1.29 is 9.53 Å². The molecule has 2 heterocycles. The van der Waals surface area contributed by atoms with Gasteiger partial charge in [-0.3, -0.25) is 0 Å². The van der Waals surface area contributed by atoms with Crippen LogP contribution >= 0.6 is 0 Å². The summed E-state index contributed by atoms with van der Waals surface area (Å²) in [6, 6.07) is 1.63.